The molecular weight excluding hydrogens is 321 g/mol. The zero-order valence-corrected chi connectivity index (χ0v) is 12.7. The van der Waals surface area contributed by atoms with Crippen molar-refractivity contribution in [3.63, 3.8) is 0 Å². The van der Waals surface area contributed by atoms with Gasteiger partial charge in [0.2, 0.25) is 0 Å². The largest absolute Gasteiger partial charge is 0.465 e. The molecule has 7 heteroatoms. The minimum atomic E-state index is -4.37. The second-order valence-electron chi connectivity index (χ2n) is 5.29. The number of rotatable bonds is 3. The lowest BCUT2D eigenvalue weighted by atomic mass is 10.1. The molecule has 0 radical (unpaired) electrons. The molecule has 0 bridgehead atoms. The van der Waals surface area contributed by atoms with Crippen molar-refractivity contribution in [3.05, 3.63) is 65.4 Å². The van der Waals surface area contributed by atoms with Crippen molar-refractivity contribution in [3.8, 4) is 0 Å². The van der Waals surface area contributed by atoms with E-state index in [4.69, 9.17) is 0 Å². The van der Waals surface area contributed by atoms with Crippen LogP contribution in [0.4, 0.5) is 13.2 Å². The molecule has 2 aromatic carbocycles. The second-order valence-corrected chi connectivity index (χ2v) is 5.29. The van der Waals surface area contributed by atoms with E-state index in [1.807, 2.05) is 0 Å². The Labute approximate surface area is 135 Å². The maximum Gasteiger partial charge on any atom is 0.416 e. The van der Waals surface area contributed by atoms with Gasteiger partial charge in [0.1, 0.15) is 0 Å². The minimum absolute atomic E-state index is 0.201. The van der Waals surface area contributed by atoms with Gasteiger partial charge in [0.05, 0.1) is 30.3 Å². The summed E-state index contributed by atoms with van der Waals surface area (Å²) < 4.78 is 44.5. The first-order valence-electron chi connectivity index (χ1n) is 7.08. The number of alkyl halides is 3. The Morgan fingerprint density at radius 2 is 2.00 bits per heavy atom. The normalized spacial score (nSPS) is 11.7. The molecule has 0 saturated heterocycles. The first-order chi connectivity index (χ1) is 11.4. The molecule has 0 aliphatic rings. The van der Waals surface area contributed by atoms with Gasteiger partial charge in [-0.05, 0) is 29.8 Å². The monoisotopic (exact) mass is 334 g/mol. The maximum absolute atomic E-state index is 12.8. The number of ether oxygens (including phenoxy) is 1. The molecule has 4 nitrogen and oxygen atoms in total. The molecule has 0 unspecified atom stereocenters. The fourth-order valence-electron chi connectivity index (χ4n) is 2.43. The highest BCUT2D eigenvalue weighted by Crippen LogP contribution is 2.29. The number of carbonyl (C=O) groups is 1. The van der Waals surface area contributed by atoms with Gasteiger partial charge in [-0.15, -0.1) is 0 Å². The van der Waals surface area contributed by atoms with E-state index in [1.54, 1.807) is 35.1 Å². The van der Waals surface area contributed by atoms with Crippen molar-refractivity contribution in [1.29, 1.82) is 0 Å². The number of halogens is 3. The summed E-state index contributed by atoms with van der Waals surface area (Å²) in [6, 6.07) is 10.0. The molecule has 0 aliphatic heterocycles. The molecule has 1 heterocycles. The van der Waals surface area contributed by atoms with E-state index in [0.29, 0.717) is 16.6 Å². The van der Waals surface area contributed by atoms with Crippen LogP contribution < -0.4 is 0 Å². The fraction of sp³-hybridized carbons (Fsp3) is 0.176. The van der Waals surface area contributed by atoms with E-state index < -0.39 is 17.7 Å². The van der Waals surface area contributed by atoms with Crippen molar-refractivity contribution >= 4 is 16.9 Å². The maximum atomic E-state index is 12.8. The third kappa shape index (κ3) is 3.24. The van der Waals surface area contributed by atoms with Crippen LogP contribution in [0.2, 0.25) is 0 Å². The van der Waals surface area contributed by atoms with Crippen LogP contribution in [0.25, 0.3) is 10.9 Å². The molecule has 1 aromatic heterocycles. The average Bonchev–Trinajstić information content (AvgIpc) is 2.94. The number of esters is 1. The molecule has 124 valence electrons. The Balaban J connectivity index is 1.89. The Hall–Kier alpha value is -2.83. The highest BCUT2D eigenvalue weighted by atomic mass is 19.4. The zero-order valence-electron chi connectivity index (χ0n) is 12.7. The van der Waals surface area contributed by atoms with Crippen molar-refractivity contribution < 1.29 is 22.7 Å². The summed E-state index contributed by atoms with van der Waals surface area (Å²) in [4.78, 5) is 11.5. The zero-order chi connectivity index (χ0) is 17.3. The van der Waals surface area contributed by atoms with Crippen molar-refractivity contribution in [1.82, 2.24) is 9.78 Å². The van der Waals surface area contributed by atoms with Crippen LogP contribution in [0.5, 0.6) is 0 Å². The van der Waals surface area contributed by atoms with Crippen LogP contribution in [0.15, 0.2) is 48.7 Å². The van der Waals surface area contributed by atoms with Crippen LogP contribution in [-0.4, -0.2) is 22.9 Å². The van der Waals surface area contributed by atoms with E-state index in [2.05, 4.69) is 9.84 Å². The molecule has 0 spiro atoms. The number of fused-ring (bicyclic) bond motifs is 1. The van der Waals surface area contributed by atoms with E-state index in [-0.39, 0.29) is 6.54 Å². The van der Waals surface area contributed by atoms with Gasteiger partial charge in [-0.25, -0.2) is 4.79 Å². The van der Waals surface area contributed by atoms with Gasteiger partial charge in [-0.1, -0.05) is 18.2 Å². The van der Waals surface area contributed by atoms with Gasteiger partial charge in [-0.2, -0.15) is 18.3 Å². The van der Waals surface area contributed by atoms with Gasteiger partial charge in [-0.3, -0.25) is 4.68 Å². The lowest BCUT2D eigenvalue weighted by Gasteiger charge is -2.08. The van der Waals surface area contributed by atoms with Crippen molar-refractivity contribution in [2.24, 2.45) is 0 Å². The summed E-state index contributed by atoms with van der Waals surface area (Å²) >= 11 is 0. The Bertz CT molecular complexity index is 900. The van der Waals surface area contributed by atoms with Crippen LogP contribution >= 0.6 is 0 Å². The molecule has 0 N–H and O–H groups in total. The Kier molecular flexibility index (Phi) is 4.01. The SMILES string of the molecule is COC(=O)c1ccc2cn(Cc3cccc(C(F)(F)F)c3)nc2c1. The number of carbonyl (C=O) groups excluding carboxylic acids is 1. The van der Waals surface area contributed by atoms with Gasteiger partial charge in [0, 0.05) is 11.6 Å². The van der Waals surface area contributed by atoms with Gasteiger partial charge < -0.3 is 4.74 Å². The molecular formula is C17H13F3N2O2. The van der Waals surface area contributed by atoms with E-state index in [1.165, 1.54) is 13.2 Å². The van der Waals surface area contributed by atoms with Crippen molar-refractivity contribution in [2.45, 2.75) is 12.7 Å². The Morgan fingerprint density at radius 1 is 1.21 bits per heavy atom. The van der Waals surface area contributed by atoms with Crippen LogP contribution in [0.3, 0.4) is 0 Å². The van der Waals surface area contributed by atoms with Crippen LogP contribution in [0, 0.1) is 0 Å². The van der Waals surface area contributed by atoms with Gasteiger partial charge >= 0.3 is 12.1 Å². The van der Waals surface area contributed by atoms with E-state index in [9.17, 15) is 18.0 Å². The number of methoxy groups -OCH3 is 1. The number of nitrogens with zero attached hydrogens (tertiary/aromatic N) is 2. The lowest BCUT2D eigenvalue weighted by molar-refractivity contribution is -0.137. The molecule has 0 aliphatic carbocycles. The number of hydrogen-bond acceptors (Lipinski definition) is 3. The van der Waals surface area contributed by atoms with E-state index in [0.717, 1.165) is 17.5 Å². The second kappa shape index (κ2) is 5.99. The number of benzene rings is 2. The summed E-state index contributed by atoms with van der Waals surface area (Å²) in [5, 5.41) is 5.09. The van der Waals surface area contributed by atoms with Crippen LogP contribution in [-0.2, 0) is 17.5 Å². The topological polar surface area (TPSA) is 44.1 Å². The summed E-state index contributed by atoms with van der Waals surface area (Å²) in [6.07, 6.45) is -2.66. The highest BCUT2D eigenvalue weighted by molar-refractivity contribution is 5.94. The molecule has 3 aromatic rings. The third-order valence-electron chi connectivity index (χ3n) is 3.57. The number of hydrogen-bond donors (Lipinski definition) is 0. The molecule has 24 heavy (non-hydrogen) atoms. The number of aromatic nitrogens is 2. The quantitative estimate of drug-likeness (QED) is 0.683. The minimum Gasteiger partial charge on any atom is -0.465 e. The fourth-order valence-corrected chi connectivity index (χ4v) is 2.43. The highest BCUT2D eigenvalue weighted by Gasteiger charge is 2.30. The average molecular weight is 334 g/mol. The predicted octanol–water partition coefficient (Wildman–Crippen LogP) is 3.89. The smallest absolute Gasteiger partial charge is 0.416 e. The Morgan fingerprint density at radius 3 is 2.71 bits per heavy atom. The first-order valence-corrected chi connectivity index (χ1v) is 7.08. The van der Waals surface area contributed by atoms with Gasteiger partial charge in [0.15, 0.2) is 0 Å². The molecule has 0 fully saturated rings. The molecule has 0 saturated carbocycles. The first kappa shape index (κ1) is 16.0. The molecule has 0 amide bonds. The molecule has 3 rings (SSSR count). The molecule has 0 atom stereocenters. The lowest BCUT2D eigenvalue weighted by Crippen LogP contribution is -2.07. The summed E-state index contributed by atoms with van der Waals surface area (Å²) in [5.74, 6) is -0.468. The van der Waals surface area contributed by atoms with Crippen molar-refractivity contribution in [2.75, 3.05) is 7.11 Å². The predicted molar refractivity (Wildman–Crippen MR) is 81.6 cm³/mol. The van der Waals surface area contributed by atoms with Crippen LogP contribution in [0.1, 0.15) is 21.5 Å². The van der Waals surface area contributed by atoms with Gasteiger partial charge in [0.25, 0.3) is 0 Å². The summed E-state index contributed by atoms with van der Waals surface area (Å²) in [6.45, 7) is 0.201. The third-order valence-corrected chi connectivity index (χ3v) is 3.57. The van der Waals surface area contributed by atoms with E-state index >= 15 is 0 Å². The summed E-state index contributed by atoms with van der Waals surface area (Å²) in [5.41, 5.74) is 0.745. The standard InChI is InChI=1S/C17H13F3N2O2/c1-24-16(23)12-5-6-13-10-22(21-15(13)8-12)9-11-3-2-4-14(7-11)17(18,19)20/h2-8,10H,9H2,1H3. The summed E-state index contributed by atoms with van der Waals surface area (Å²) in [7, 11) is 1.29.